The highest BCUT2D eigenvalue weighted by atomic mass is 16.6. The first-order valence-corrected chi connectivity index (χ1v) is 7.84. The molecule has 29 heavy (non-hydrogen) atoms. The lowest BCUT2D eigenvalue weighted by Gasteiger charge is -2.02. The van der Waals surface area contributed by atoms with Crippen molar-refractivity contribution in [3.05, 3.63) is 91.0 Å². The Bertz CT molecular complexity index is 1040. The number of aromatic hydroxyl groups is 1. The number of benzene rings is 2. The average Bonchev–Trinajstić information content (AvgIpc) is 2.69. The monoisotopic (exact) mass is 399 g/mol. The number of nitro groups is 3. The molecule has 0 radical (unpaired) electrons. The van der Waals surface area contributed by atoms with E-state index in [1.54, 1.807) is 6.33 Å². The Morgan fingerprint density at radius 1 is 0.897 bits per heavy atom. The molecule has 1 heterocycles. The van der Waals surface area contributed by atoms with Gasteiger partial charge < -0.3 is 5.11 Å². The van der Waals surface area contributed by atoms with Crippen molar-refractivity contribution in [1.29, 1.82) is 0 Å². The second-order valence-electron chi connectivity index (χ2n) is 5.49. The number of phenols is 1. The average molecular weight is 399 g/mol. The van der Waals surface area contributed by atoms with Gasteiger partial charge in [0.1, 0.15) is 6.33 Å². The van der Waals surface area contributed by atoms with Gasteiger partial charge in [-0.05, 0) is 12.5 Å². The van der Waals surface area contributed by atoms with Gasteiger partial charge in [0.2, 0.25) is 0 Å². The van der Waals surface area contributed by atoms with Crippen molar-refractivity contribution in [2.24, 2.45) is 0 Å². The van der Waals surface area contributed by atoms with E-state index >= 15 is 0 Å². The molecule has 1 N–H and O–H groups in total. The zero-order valence-electron chi connectivity index (χ0n) is 14.8. The van der Waals surface area contributed by atoms with Gasteiger partial charge in [-0.3, -0.25) is 30.3 Å². The van der Waals surface area contributed by atoms with Crippen LogP contribution in [-0.2, 0) is 0 Å². The van der Waals surface area contributed by atoms with Crippen LogP contribution in [0, 0.1) is 37.3 Å². The summed E-state index contributed by atoms with van der Waals surface area (Å²) in [6, 6.07) is 11.0. The minimum Gasteiger partial charge on any atom is -0.497 e. The van der Waals surface area contributed by atoms with E-state index in [1.165, 1.54) is 5.56 Å². The van der Waals surface area contributed by atoms with Gasteiger partial charge in [-0.15, -0.1) is 0 Å². The summed E-state index contributed by atoms with van der Waals surface area (Å²) < 4.78 is 0. The predicted octanol–water partition coefficient (Wildman–Crippen LogP) is 3.57. The minimum absolute atomic E-state index is 0.447. The molecule has 0 amide bonds. The van der Waals surface area contributed by atoms with Gasteiger partial charge in [0, 0.05) is 17.5 Å². The Morgan fingerprint density at radius 3 is 1.90 bits per heavy atom. The Labute approximate surface area is 162 Å². The third kappa shape index (κ3) is 5.03. The fourth-order valence-corrected chi connectivity index (χ4v) is 2.27. The summed E-state index contributed by atoms with van der Waals surface area (Å²) in [4.78, 5) is 35.9. The number of non-ortho nitro benzene ring substituents is 1. The molecule has 0 aliphatic carbocycles. The lowest BCUT2D eigenvalue weighted by atomic mass is 10.1. The van der Waals surface area contributed by atoms with E-state index in [9.17, 15) is 30.3 Å². The van der Waals surface area contributed by atoms with E-state index in [0.717, 1.165) is 11.3 Å². The molecule has 0 saturated heterocycles. The van der Waals surface area contributed by atoms with Crippen LogP contribution in [0.25, 0.3) is 11.1 Å². The summed E-state index contributed by atoms with van der Waals surface area (Å²) in [7, 11) is 0. The molecular formula is C17H13N5O7. The Balaban J connectivity index is 0.000000211. The predicted molar refractivity (Wildman–Crippen MR) is 100 cm³/mol. The lowest BCUT2D eigenvalue weighted by molar-refractivity contribution is -0.404. The maximum absolute atomic E-state index is 10.4. The third-order valence-corrected chi connectivity index (χ3v) is 3.65. The van der Waals surface area contributed by atoms with Gasteiger partial charge in [-0.2, -0.15) is 0 Å². The third-order valence-electron chi connectivity index (χ3n) is 3.65. The first-order valence-electron chi connectivity index (χ1n) is 7.84. The molecule has 0 saturated carbocycles. The van der Waals surface area contributed by atoms with Crippen molar-refractivity contribution >= 4 is 17.1 Å². The topological polar surface area (TPSA) is 175 Å². The molecule has 0 spiro atoms. The van der Waals surface area contributed by atoms with Crippen LogP contribution < -0.4 is 0 Å². The van der Waals surface area contributed by atoms with Crippen LogP contribution in [0.4, 0.5) is 17.1 Å². The first-order chi connectivity index (χ1) is 13.7. The quantitative estimate of drug-likeness (QED) is 0.507. The van der Waals surface area contributed by atoms with Gasteiger partial charge in [0.05, 0.1) is 26.9 Å². The number of rotatable bonds is 4. The molecule has 0 fully saturated rings. The normalized spacial score (nSPS) is 9.83. The summed E-state index contributed by atoms with van der Waals surface area (Å²) in [6.07, 6.45) is 3.42. The Kier molecular flexibility index (Phi) is 6.42. The maximum atomic E-state index is 10.4. The zero-order valence-corrected chi connectivity index (χ0v) is 14.8. The number of aryl methyl sites for hydroxylation is 1. The van der Waals surface area contributed by atoms with E-state index in [4.69, 9.17) is 5.11 Å². The lowest BCUT2D eigenvalue weighted by Crippen LogP contribution is -1.97. The van der Waals surface area contributed by atoms with Gasteiger partial charge in [0.15, 0.2) is 0 Å². The SMILES string of the molecule is Cc1ncncc1-c1ccccc1.O=[N+]([O-])c1cc([N+](=O)[O-])c(O)c([N+](=O)[O-])c1. The first kappa shape index (κ1) is 20.8. The molecule has 0 unspecified atom stereocenters. The number of hydrogen-bond donors (Lipinski definition) is 1. The highest BCUT2D eigenvalue weighted by Crippen LogP contribution is 2.38. The maximum Gasteiger partial charge on any atom is 0.324 e. The summed E-state index contributed by atoms with van der Waals surface area (Å²) in [6.45, 7) is 1.99. The summed E-state index contributed by atoms with van der Waals surface area (Å²) in [5.74, 6) is -1.21. The summed E-state index contributed by atoms with van der Waals surface area (Å²) in [5.41, 5.74) is 0.280. The molecule has 1 aromatic heterocycles. The highest BCUT2D eigenvalue weighted by molar-refractivity contribution is 5.65. The standard InChI is InChI=1S/C11H10N2.C6H3N3O7/c1-9-11(7-12-8-13-9)10-5-3-2-4-6-10;10-6-4(8(13)14)1-3(7(11)12)2-5(6)9(15)16/h2-8H,1H3;1-2,10H. The molecule has 0 bridgehead atoms. The van der Waals surface area contributed by atoms with E-state index in [0.29, 0.717) is 12.1 Å². The fraction of sp³-hybridized carbons (Fsp3) is 0.0588. The largest absolute Gasteiger partial charge is 0.497 e. The van der Waals surface area contributed by atoms with Crippen molar-refractivity contribution in [3.63, 3.8) is 0 Å². The second kappa shape index (κ2) is 8.94. The molecule has 2 aromatic carbocycles. The number of nitro benzene ring substituents is 3. The molecule has 12 heteroatoms. The van der Waals surface area contributed by atoms with Crippen LogP contribution in [0.2, 0.25) is 0 Å². The van der Waals surface area contributed by atoms with Crippen LogP contribution in [-0.4, -0.2) is 29.8 Å². The van der Waals surface area contributed by atoms with E-state index in [1.807, 2.05) is 31.3 Å². The Hall–Kier alpha value is -4.48. The van der Waals surface area contributed by atoms with Gasteiger partial charge in [-0.25, -0.2) is 9.97 Å². The zero-order chi connectivity index (χ0) is 21.6. The molecule has 3 aromatic rings. The summed E-state index contributed by atoms with van der Waals surface area (Å²) in [5, 5.41) is 40.2. The molecular weight excluding hydrogens is 386 g/mol. The smallest absolute Gasteiger partial charge is 0.324 e. The van der Waals surface area contributed by atoms with Crippen LogP contribution in [0.3, 0.4) is 0 Å². The molecule has 0 aliphatic rings. The van der Waals surface area contributed by atoms with Crippen molar-refractivity contribution in [3.8, 4) is 16.9 Å². The minimum atomic E-state index is -1.21. The van der Waals surface area contributed by atoms with Gasteiger partial charge in [-0.1, -0.05) is 30.3 Å². The highest BCUT2D eigenvalue weighted by Gasteiger charge is 2.30. The Morgan fingerprint density at radius 2 is 1.45 bits per heavy atom. The fourth-order valence-electron chi connectivity index (χ4n) is 2.27. The number of phenolic OH excluding ortho intramolecular Hbond substituents is 1. The van der Waals surface area contributed by atoms with Crippen LogP contribution >= 0.6 is 0 Å². The molecule has 0 aliphatic heterocycles. The molecule has 12 nitrogen and oxygen atoms in total. The second-order valence-corrected chi connectivity index (χ2v) is 5.49. The van der Waals surface area contributed by atoms with Crippen molar-refractivity contribution in [2.45, 2.75) is 6.92 Å². The molecule has 3 rings (SSSR count). The summed E-state index contributed by atoms with van der Waals surface area (Å²) >= 11 is 0. The van der Waals surface area contributed by atoms with Crippen LogP contribution in [0.5, 0.6) is 5.75 Å². The number of nitrogens with zero attached hydrogens (tertiary/aromatic N) is 5. The van der Waals surface area contributed by atoms with Crippen molar-refractivity contribution < 1.29 is 19.9 Å². The molecule has 0 atom stereocenters. The van der Waals surface area contributed by atoms with E-state index < -0.39 is 37.6 Å². The van der Waals surface area contributed by atoms with E-state index in [2.05, 4.69) is 22.1 Å². The van der Waals surface area contributed by atoms with Crippen molar-refractivity contribution in [2.75, 3.05) is 0 Å². The van der Waals surface area contributed by atoms with Gasteiger partial charge in [0.25, 0.3) is 11.4 Å². The van der Waals surface area contributed by atoms with E-state index in [-0.39, 0.29) is 0 Å². The van der Waals surface area contributed by atoms with Crippen LogP contribution in [0.1, 0.15) is 5.69 Å². The number of aromatic nitrogens is 2. The van der Waals surface area contributed by atoms with Crippen molar-refractivity contribution in [1.82, 2.24) is 9.97 Å². The van der Waals surface area contributed by atoms with Crippen LogP contribution in [0.15, 0.2) is 55.0 Å². The molecule has 148 valence electrons. The van der Waals surface area contributed by atoms with Gasteiger partial charge >= 0.3 is 11.4 Å². The number of hydrogen-bond acceptors (Lipinski definition) is 9.